The summed E-state index contributed by atoms with van der Waals surface area (Å²) in [5, 5.41) is 1.97. The van der Waals surface area contributed by atoms with Crippen molar-refractivity contribution in [2.75, 3.05) is 0 Å². The first-order valence-electron chi connectivity index (χ1n) is 12.4. The molecule has 0 heterocycles. The predicted molar refractivity (Wildman–Crippen MR) is 145 cm³/mol. The van der Waals surface area contributed by atoms with Gasteiger partial charge in [-0.25, -0.2) is 0 Å². The summed E-state index contributed by atoms with van der Waals surface area (Å²) in [4.78, 5) is 12.2. The monoisotopic (exact) mass is 466 g/mol. The van der Waals surface area contributed by atoms with Crippen LogP contribution in [0.5, 0.6) is 11.5 Å². The molecule has 4 aromatic carbocycles. The van der Waals surface area contributed by atoms with Crippen molar-refractivity contribution in [1.29, 1.82) is 0 Å². The largest absolute Gasteiger partial charge is 0.490 e. The highest BCUT2D eigenvalue weighted by atomic mass is 16.5. The van der Waals surface area contributed by atoms with Gasteiger partial charge in [-0.1, -0.05) is 86.6 Å². The maximum absolute atomic E-state index is 12.2. The molecule has 3 heteroatoms. The molecule has 0 aliphatic rings. The van der Waals surface area contributed by atoms with E-state index in [1.807, 2.05) is 25.1 Å². The Morgan fingerprint density at radius 1 is 0.771 bits per heavy atom. The van der Waals surface area contributed by atoms with E-state index in [9.17, 15) is 4.79 Å². The fourth-order valence-corrected chi connectivity index (χ4v) is 4.74. The Hall–Kier alpha value is -3.59. The van der Waals surface area contributed by atoms with E-state index in [0.717, 1.165) is 56.3 Å². The van der Waals surface area contributed by atoms with Gasteiger partial charge in [0.15, 0.2) is 0 Å². The molecule has 3 nitrogen and oxygen atoms in total. The lowest BCUT2D eigenvalue weighted by molar-refractivity contribution is -0.131. The molecule has 0 aromatic heterocycles. The summed E-state index contributed by atoms with van der Waals surface area (Å²) in [5.74, 6) is 1.60. The molecule has 0 saturated heterocycles. The molecule has 0 unspecified atom stereocenters. The zero-order valence-corrected chi connectivity index (χ0v) is 21.5. The van der Waals surface area contributed by atoms with Gasteiger partial charge in [-0.15, -0.1) is 0 Å². The third kappa shape index (κ3) is 5.09. The van der Waals surface area contributed by atoms with E-state index in [-0.39, 0.29) is 12.1 Å². The quantitative estimate of drug-likeness (QED) is 0.203. The molecule has 0 spiro atoms. The summed E-state index contributed by atoms with van der Waals surface area (Å²) in [6.45, 7) is 12.0. The van der Waals surface area contributed by atoms with Crippen LogP contribution in [-0.2, 0) is 11.2 Å². The van der Waals surface area contributed by atoms with Crippen LogP contribution in [0, 0.1) is 12.8 Å². The number of esters is 1. The van der Waals surface area contributed by atoms with Gasteiger partial charge in [-0.2, -0.15) is 0 Å². The molecule has 0 aliphatic carbocycles. The fourth-order valence-electron chi connectivity index (χ4n) is 4.74. The molecule has 4 rings (SSSR count). The lowest BCUT2D eigenvalue weighted by atomic mass is 9.83. The van der Waals surface area contributed by atoms with Gasteiger partial charge in [-0.3, -0.25) is 4.79 Å². The number of hydrogen-bond acceptors (Lipinski definition) is 3. The van der Waals surface area contributed by atoms with Crippen molar-refractivity contribution in [3.63, 3.8) is 0 Å². The van der Waals surface area contributed by atoms with Crippen molar-refractivity contribution < 1.29 is 14.3 Å². The summed E-state index contributed by atoms with van der Waals surface area (Å²) in [5.41, 5.74) is 6.35. The number of rotatable bonds is 7. The van der Waals surface area contributed by atoms with Crippen LogP contribution < -0.4 is 9.47 Å². The molecule has 0 atom stereocenters. The Morgan fingerprint density at radius 3 is 1.86 bits per heavy atom. The molecular weight excluding hydrogens is 432 g/mol. The van der Waals surface area contributed by atoms with Gasteiger partial charge < -0.3 is 9.47 Å². The normalized spacial score (nSPS) is 11.3. The van der Waals surface area contributed by atoms with Crippen LogP contribution in [0.15, 0.2) is 72.8 Å². The Kier molecular flexibility index (Phi) is 7.25. The minimum absolute atomic E-state index is 0.00263. The van der Waals surface area contributed by atoms with Crippen molar-refractivity contribution in [2.45, 2.75) is 54.1 Å². The highest BCUT2D eigenvalue weighted by molar-refractivity contribution is 6.12. The van der Waals surface area contributed by atoms with E-state index >= 15 is 0 Å². The number of carbonyl (C=O) groups excluding carboxylic acids is 1. The third-order valence-corrected chi connectivity index (χ3v) is 6.01. The number of carbonyl (C=O) groups is 1. The van der Waals surface area contributed by atoms with Crippen LogP contribution >= 0.6 is 0 Å². The van der Waals surface area contributed by atoms with Gasteiger partial charge >= 0.3 is 5.97 Å². The highest BCUT2D eigenvalue weighted by Crippen LogP contribution is 2.50. The van der Waals surface area contributed by atoms with E-state index in [2.05, 4.69) is 82.3 Å². The van der Waals surface area contributed by atoms with Crippen LogP contribution in [0.2, 0.25) is 0 Å². The second-order valence-electron chi connectivity index (χ2n) is 9.78. The molecule has 0 amide bonds. The van der Waals surface area contributed by atoms with Crippen LogP contribution in [-0.4, -0.2) is 12.1 Å². The first-order chi connectivity index (χ1) is 16.8. The summed E-state index contributed by atoms with van der Waals surface area (Å²) in [6, 6.07) is 24.9. The number of fused-ring (bicyclic) bond motifs is 1. The second kappa shape index (κ2) is 10.4. The van der Waals surface area contributed by atoms with Gasteiger partial charge in [0.2, 0.25) is 0 Å². The van der Waals surface area contributed by atoms with E-state index < -0.39 is 0 Å². The predicted octanol–water partition coefficient (Wildman–Crippen LogP) is 8.39. The van der Waals surface area contributed by atoms with Gasteiger partial charge in [0, 0.05) is 29.0 Å². The van der Waals surface area contributed by atoms with Gasteiger partial charge in [0.05, 0.1) is 6.10 Å². The summed E-state index contributed by atoms with van der Waals surface area (Å²) >= 11 is 0. The molecule has 180 valence electrons. The lowest BCUT2D eigenvalue weighted by Gasteiger charge is -2.27. The topological polar surface area (TPSA) is 35.5 Å². The maximum atomic E-state index is 12.2. The van der Waals surface area contributed by atoms with Crippen molar-refractivity contribution in [2.24, 2.45) is 5.92 Å². The number of aryl methyl sites for hydroxylation is 1. The fraction of sp³-hybridized carbons (Fsp3) is 0.281. The van der Waals surface area contributed by atoms with Crippen LogP contribution in [0.3, 0.4) is 0 Å². The third-order valence-electron chi connectivity index (χ3n) is 6.01. The number of benzene rings is 4. The van der Waals surface area contributed by atoms with Gasteiger partial charge in [-0.05, 0) is 55.2 Å². The second-order valence-corrected chi connectivity index (χ2v) is 9.78. The Morgan fingerprint density at radius 2 is 1.34 bits per heavy atom. The van der Waals surface area contributed by atoms with Crippen molar-refractivity contribution in [3.8, 4) is 33.8 Å². The van der Waals surface area contributed by atoms with Gasteiger partial charge in [0.25, 0.3) is 0 Å². The van der Waals surface area contributed by atoms with Crippen molar-refractivity contribution in [3.05, 3.63) is 83.9 Å². The van der Waals surface area contributed by atoms with Gasteiger partial charge in [0.1, 0.15) is 11.5 Å². The minimum atomic E-state index is -0.325. The Balaban J connectivity index is 2.30. The Labute approximate surface area is 208 Å². The van der Waals surface area contributed by atoms with Crippen LogP contribution in [0.25, 0.3) is 33.0 Å². The minimum Gasteiger partial charge on any atom is -0.490 e. The Bertz CT molecular complexity index is 1340. The van der Waals surface area contributed by atoms with E-state index in [0.29, 0.717) is 11.7 Å². The molecule has 0 N–H and O–H groups in total. The molecule has 0 bridgehead atoms. The molecule has 0 radical (unpaired) electrons. The SMILES string of the molecule is CC(=O)Oc1c(C)ccc2c(-c3ccccc3)c(OC(C)C)c(CC(C)C)c(-c3ccccc3)c12. The van der Waals surface area contributed by atoms with E-state index in [1.54, 1.807) is 0 Å². The van der Waals surface area contributed by atoms with E-state index in [1.165, 1.54) is 6.92 Å². The molecule has 4 aromatic rings. The number of ether oxygens (including phenoxy) is 2. The smallest absolute Gasteiger partial charge is 0.308 e. The highest BCUT2D eigenvalue weighted by Gasteiger charge is 2.27. The first kappa shape index (κ1) is 24.5. The molecular formula is C32H34O3. The molecule has 35 heavy (non-hydrogen) atoms. The zero-order valence-electron chi connectivity index (χ0n) is 21.5. The molecule has 0 aliphatic heterocycles. The zero-order chi connectivity index (χ0) is 25.1. The van der Waals surface area contributed by atoms with Crippen molar-refractivity contribution >= 4 is 16.7 Å². The summed E-state index contributed by atoms with van der Waals surface area (Å²) in [6.07, 6.45) is 0.832. The number of hydrogen-bond donors (Lipinski definition) is 0. The molecule has 0 fully saturated rings. The first-order valence-corrected chi connectivity index (χ1v) is 12.4. The lowest BCUT2D eigenvalue weighted by Crippen LogP contribution is -2.12. The summed E-state index contributed by atoms with van der Waals surface area (Å²) in [7, 11) is 0. The summed E-state index contributed by atoms with van der Waals surface area (Å²) < 4.78 is 12.6. The van der Waals surface area contributed by atoms with E-state index in [4.69, 9.17) is 9.47 Å². The van der Waals surface area contributed by atoms with Crippen LogP contribution in [0.1, 0.15) is 45.7 Å². The molecule has 0 saturated carbocycles. The maximum Gasteiger partial charge on any atom is 0.308 e. The van der Waals surface area contributed by atoms with Crippen LogP contribution in [0.4, 0.5) is 0 Å². The van der Waals surface area contributed by atoms with Crippen molar-refractivity contribution in [1.82, 2.24) is 0 Å². The average Bonchev–Trinajstić information content (AvgIpc) is 2.81. The standard InChI is InChI=1S/C32H34O3/c1-20(2)19-27-28(24-13-9-7-10-14-24)30-26(18-17-22(5)31(30)35-23(6)33)29(32(27)34-21(3)4)25-15-11-8-12-16-25/h7-18,20-21H,19H2,1-6H3. The average molecular weight is 467 g/mol.